The van der Waals surface area contributed by atoms with Gasteiger partial charge < -0.3 is 5.11 Å². The number of allylic oxidation sites excluding steroid dienone is 1. The fourth-order valence-corrected chi connectivity index (χ4v) is 0.930. The Labute approximate surface area is 71.4 Å². The van der Waals surface area contributed by atoms with Crippen molar-refractivity contribution in [3.63, 3.8) is 0 Å². The van der Waals surface area contributed by atoms with Crippen LogP contribution in [0.25, 0.3) is 0 Å². The standard InChI is InChI=1S/C10H9NO/c11-7-10(8-12)6-9-4-2-1-3-5-9/h1-5,8,12H,6H2/b10-8-. The van der Waals surface area contributed by atoms with Gasteiger partial charge in [-0.3, -0.25) is 0 Å². The Morgan fingerprint density at radius 1 is 1.42 bits per heavy atom. The highest BCUT2D eigenvalue weighted by Crippen LogP contribution is 2.05. The minimum atomic E-state index is 0.376. The average molecular weight is 159 g/mol. The average Bonchev–Trinajstić information content (AvgIpc) is 2.16. The molecule has 0 saturated carbocycles. The minimum Gasteiger partial charge on any atom is -0.515 e. The zero-order valence-corrected chi connectivity index (χ0v) is 6.57. The van der Waals surface area contributed by atoms with Crippen molar-refractivity contribution < 1.29 is 5.11 Å². The monoisotopic (exact) mass is 159 g/mol. The molecule has 2 nitrogen and oxygen atoms in total. The summed E-state index contributed by atoms with van der Waals surface area (Å²) in [4.78, 5) is 0. The largest absolute Gasteiger partial charge is 0.515 e. The highest BCUT2D eigenvalue weighted by Gasteiger charge is 1.96. The maximum Gasteiger partial charge on any atom is 0.0982 e. The lowest BCUT2D eigenvalue weighted by Crippen LogP contribution is -1.87. The van der Waals surface area contributed by atoms with Gasteiger partial charge in [0.15, 0.2) is 0 Å². The van der Waals surface area contributed by atoms with E-state index >= 15 is 0 Å². The molecule has 2 heteroatoms. The van der Waals surface area contributed by atoms with Gasteiger partial charge >= 0.3 is 0 Å². The number of benzene rings is 1. The maximum atomic E-state index is 8.60. The van der Waals surface area contributed by atoms with E-state index in [0.717, 1.165) is 11.8 Å². The smallest absolute Gasteiger partial charge is 0.0982 e. The third-order valence-electron chi connectivity index (χ3n) is 1.54. The zero-order valence-electron chi connectivity index (χ0n) is 6.57. The van der Waals surface area contributed by atoms with E-state index in [2.05, 4.69) is 0 Å². The first kappa shape index (κ1) is 8.35. The van der Waals surface area contributed by atoms with E-state index in [9.17, 15) is 0 Å². The van der Waals surface area contributed by atoms with Crippen LogP contribution in [0.2, 0.25) is 0 Å². The van der Waals surface area contributed by atoms with Crippen LogP contribution in [-0.2, 0) is 6.42 Å². The van der Waals surface area contributed by atoms with Gasteiger partial charge in [0.25, 0.3) is 0 Å². The Balaban J connectivity index is 2.72. The summed E-state index contributed by atoms with van der Waals surface area (Å²) in [5, 5.41) is 17.1. The molecule has 1 rings (SSSR count). The van der Waals surface area contributed by atoms with E-state index < -0.39 is 0 Å². The third kappa shape index (κ3) is 2.14. The lowest BCUT2D eigenvalue weighted by Gasteiger charge is -1.96. The predicted molar refractivity (Wildman–Crippen MR) is 46.5 cm³/mol. The number of hydrogen-bond acceptors (Lipinski definition) is 2. The topological polar surface area (TPSA) is 44.0 Å². The SMILES string of the molecule is N#C/C(=C\O)Cc1ccccc1. The van der Waals surface area contributed by atoms with E-state index in [1.54, 1.807) is 0 Å². The van der Waals surface area contributed by atoms with E-state index in [1.165, 1.54) is 0 Å². The maximum absolute atomic E-state index is 8.60. The summed E-state index contributed by atoms with van der Waals surface area (Å²) in [6.45, 7) is 0. The van der Waals surface area contributed by atoms with Crippen molar-refractivity contribution in [2.45, 2.75) is 6.42 Å². The molecule has 12 heavy (non-hydrogen) atoms. The van der Waals surface area contributed by atoms with Gasteiger partial charge in [-0.25, -0.2) is 0 Å². The van der Waals surface area contributed by atoms with Crippen molar-refractivity contribution in [3.05, 3.63) is 47.7 Å². The minimum absolute atomic E-state index is 0.376. The molecular formula is C10H9NO. The van der Waals surface area contributed by atoms with Crippen LogP contribution in [0.3, 0.4) is 0 Å². The predicted octanol–water partition coefficient (Wildman–Crippen LogP) is 2.19. The Morgan fingerprint density at radius 2 is 2.08 bits per heavy atom. The molecule has 0 saturated heterocycles. The van der Waals surface area contributed by atoms with Crippen LogP contribution in [-0.4, -0.2) is 5.11 Å². The van der Waals surface area contributed by atoms with Crippen LogP contribution >= 0.6 is 0 Å². The molecule has 0 heterocycles. The van der Waals surface area contributed by atoms with Gasteiger partial charge in [0, 0.05) is 6.42 Å². The molecule has 60 valence electrons. The molecule has 0 unspecified atom stereocenters. The third-order valence-corrected chi connectivity index (χ3v) is 1.54. The molecule has 1 aromatic rings. The van der Waals surface area contributed by atoms with Gasteiger partial charge in [-0.2, -0.15) is 5.26 Å². The molecule has 0 bridgehead atoms. The Hall–Kier alpha value is -1.75. The van der Waals surface area contributed by atoms with E-state index in [4.69, 9.17) is 10.4 Å². The molecule has 0 aliphatic carbocycles. The van der Waals surface area contributed by atoms with Crippen LogP contribution in [0.4, 0.5) is 0 Å². The summed E-state index contributed by atoms with van der Waals surface area (Å²) in [5.41, 5.74) is 1.40. The van der Waals surface area contributed by atoms with Crippen LogP contribution in [0.15, 0.2) is 42.2 Å². The number of hydrogen-bond donors (Lipinski definition) is 1. The molecular weight excluding hydrogens is 150 g/mol. The van der Waals surface area contributed by atoms with Gasteiger partial charge in [-0.1, -0.05) is 30.3 Å². The number of nitriles is 1. The fourth-order valence-electron chi connectivity index (χ4n) is 0.930. The van der Waals surface area contributed by atoms with Crippen LogP contribution in [0, 0.1) is 11.3 Å². The van der Waals surface area contributed by atoms with Crippen molar-refractivity contribution in [3.8, 4) is 6.07 Å². The van der Waals surface area contributed by atoms with E-state index in [0.29, 0.717) is 12.0 Å². The van der Waals surface area contributed by atoms with Crippen LogP contribution in [0.5, 0.6) is 0 Å². The van der Waals surface area contributed by atoms with Crippen molar-refractivity contribution in [1.82, 2.24) is 0 Å². The molecule has 0 atom stereocenters. The summed E-state index contributed by atoms with van der Waals surface area (Å²) >= 11 is 0. The van der Waals surface area contributed by atoms with Gasteiger partial charge in [-0.05, 0) is 5.56 Å². The summed E-state index contributed by atoms with van der Waals surface area (Å²) in [7, 11) is 0. The second-order valence-electron chi connectivity index (χ2n) is 2.43. The quantitative estimate of drug-likeness (QED) is 0.531. The first-order chi connectivity index (χ1) is 5.86. The lowest BCUT2D eigenvalue weighted by atomic mass is 10.1. The summed E-state index contributed by atoms with van der Waals surface area (Å²) in [5.74, 6) is 0. The molecule has 1 aromatic carbocycles. The number of aliphatic hydroxyl groups excluding tert-OH is 1. The van der Waals surface area contributed by atoms with Gasteiger partial charge in [0.2, 0.25) is 0 Å². The highest BCUT2D eigenvalue weighted by atomic mass is 16.2. The normalized spacial score (nSPS) is 10.8. The van der Waals surface area contributed by atoms with Crippen molar-refractivity contribution in [2.75, 3.05) is 0 Å². The zero-order chi connectivity index (χ0) is 8.81. The van der Waals surface area contributed by atoms with Crippen molar-refractivity contribution in [2.24, 2.45) is 0 Å². The summed E-state index contributed by atoms with van der Waals surface area (Å²) in [6.07, 6.45) is 1.35. The molecule has 0 amide bonds. The Bertz CT molecular complexity index is 308. The lowest BCUT2D eigenvalue weighted by molar-refractivity contribution is 0.468. The Morgan fingerprint density at radius 3 is 2.58 bits per heavy atom. The highest BCUT2D eigenvalue weighted by molar-refractivity contribution is 5.28. The van der Waals surface area contributed by atoms with Crippen LogP contribution < -0.4 is 0 Å². The number of nitrogens with zero attached hydrogens (tertiary/aromatic N) is 1. The second kappa shape index (κ2) is 4.20. The Kier molecular flexibility index (Phi) is 2.92. The summed E-state index contributed by atoms with van der Waals surface area (Å²) in [6, 6.07) is 11.5. The van der Waals surface area contributed by atoms with Crippen LogP contribution in [0.1, 0.15) is 5.56 Å². The molecule has 0 aliphatic heterocycles. The number of aliphatic hydroxyl groups is 1. The van der Waals surface area contributed by atoms with Gasteiger partial charge in [-0.15, -0.1) is 0 Å². The first-order valence-electron chi connectivity index (χ1n) is 3.64. The first-order valence-corrected chi connectivity index (χ1v) is 3.64. The van der Waals surface area contributed by atoms with Gasteiger partial charge in [0.1, 0.15) is 0 Å². The number of rotatable bonds is 2. The molecule has 0 fully saturated rings. The van der Waals surface area contributed by atoms with Crippen molar-refractivity contribution >= 4 is 0 Å². The molecule has 0 aromatic heterocycles. The molecule has 0 aliphatic rings. The van der Waals surface area contributed by atoms with Gasteiger partial charge in [0.05, 0.1) is 17.9 Å². The van der Waals surface area contributed by atoms with E-state index in [1.807, 2.05) is 36.4 Å². The molecule has 0 radical (unpaired) electrons. The van der Waals surface area contributed by atoms with E-state index in [-0.39, 0.29) is 0 Å². The second-order valence-corrected chi connectivity index (χ2v) is 2.43. The summed E-state index contributed by atoms with van der Waals surface area (Å²) < 4.78 is 0. The fraction of sp³-hybridized carbons (Fsp3) is 0.100. The molecule has 0 spiro atoms. The van der Waals surface area contributed by atoms with Crippen molar-refractivity contribution in [1.29, 1.82) is 5.26 Å². The molecule has 1 N–H and O–H groups in total.